The minimum absolute atomic E-state index is 0.166. The zero-order valence-corrected chi connectivity index (χ0v) is 17.4. The van der Waals surface area contributed by atoms with Crippen molar-refractivity contribution in [2.75, 3.05) is 13.2 Å². The summed E-state index contributed by atoms with van der Waals surface area (Å²) >= 11 is 8.96. The number of Topliss-reactive ketones (excluding diaryl/α,β-unsaturated/α-hetero) is 1. The number of benzene rings is 1. The molecular weight excluding hydrogens is 416 g/mol. The van der Waals surface area contributed by atoms with E-state index in [4.69, 9.17) is 21.7 Å². The van der Waals surface area contributed by atoms with Gasteiger partial charge in [-0.15, -0.1) is 0 Å². The molecule has 1 aromatic rings. The first-order valence-electron chi connectivity index (χ1n) is 8.97. The fourth-order valence-electron chi connectivity index (χ4n) is 3.32. The molecule has 0 spiro atoms. The van der Waals surface area contributed by atoms with Crippen molar-refractivity contribution in [2.24, 2.45) is 0 Å². The van der Waals surface area contributed by atoms with Gasteiger partial charge >= 0.3 is 0 Å². The van der Waals surface area contributed by atoms with Gasteiger partial charge in [-0.3, -0.25) is 4.79 Å². The number of carbonyl (C=O) groups is 1. The van der Waals surface area contributed by atoms with Gasteiger partial charge in [-0.2, -0.15) is 0 Å². The molecule has 26 heavy (non-hydrogen) atoms. The molecule has 1 aliphatic heterocycles. The van der Waals surface area contributed by atoms with E-state index in [-0.39, 0.29) is 11.8 Å². The van der Waals surface area contributed by atoms with Gasteiger partial charge in [0, 0.05) is 17.7 Å². The lowest BCUT2D eigenvalue weighted by Crippen LogP contribution is -2.46. The molecule has 1 aliphatic carbocycles. The second-order valence-electron chi connectivity index (χ2n) is 6.31. The molecule has 0 saturated heterocycles. The van der Waals surface area contributed by atoms with Crippen molar-refractivity contribution in [3.05, 3.63) is 33.4 Å². The molecule has 5 nitrogen and oxygen atoms in total. The molecule has 1 atom stereocenters. The van der Waals surface area contributed by atoms with Gasteiger partial charge in [0.15, 0.2) is 22.4 Å². The third-order valence-corrected chi connectivity index (χ3v) is 5.21. The summed E-state index contributed by atoms with van der Waals surface area (Å²) in [6.07, 6.45) is 3.19. The number of ether oxygens (including phenoxy) is 2. The zero-order valence-electron chi connectivity index (χ0n) is 15.0. The Hall–Kier alpha value is -1.60. The Kier molecular flexibility index (Phi) is 6.19. The lowest BCUT2D eigenvalue weighted by atomic mass is 9.85. The third-order valence-electron chi connectivity index (χ3n) is 4.40. The largest absolute Gasteiger partial charge is 0.490 e. The predicted octanol–water partition coefficient (Wildman–Crippen LogP) is 4.16. The van der Waals surface area contributed by atoms with E-state index in [2.05, 4.69) is 33.5 Å². The Morgan fingerprint density at radius 3 is 2.81 bits per heavy atom. The number of hydrogen-bond donors (Lipinski definition) is 2. The maximum atomic E-state index is 12.6. The van der Waals surface area contributed by atoms with Gasteiger partial charge in [0.05, 0.1) is 23.7 Å². The topological polar surface area (TPSA) is 59.6 Å². The van der Waals surface area contributed by atoms with Gasteiger partial charge in [0.25, 0.3) is 0 Å². The van der Waals surface area contributed by atoms with Gasteiger partial charge in [-0.05, 0) is 72.0 Å². The van der Waals surface area contributed by atoms with Crippen LogP contribution in [0.4, 0.5) is 0 Å². The summed E-state index contributed by atoms with van der Waals surface area (Å²) in [7, 11) is 0. The number of thiocarbonyl (C=S) groups is 1. The second-order valence-corrected chi connectivity index (χ2v) is 7.57. The SMILES string of the molecule is CCCOc1c(Br)cc(C2NC(=S)NC3=C2C(=O)CCC3)cc1OCC. The van der Waals surface area contributed by atoms with Crippen molar-refractivity contribution in [3.63, 3.8) is 0 Å². The van der Waals surface area contributed by atoms with Gasteiger partial charge in [0.1, 0.15) is 0 Å². The molecule has 3 rings (SSSR count). The molecule has 1 heterocycles. The summed E-state index contributed by atoms with van der Waals surface area (Å²) < 4.78 is 12.5. The molecule has 1 aromatic carbocycles. The summed E-state index contributed by atoms with van der Waals surface area (Å²) in [5.41, 5.74) is 2.65. The summed E-state index contributed by atoms with van der Waals surface area (Å²) in [5, 5.41) is 6.94. The molecule has 0 bridgehead atoms. The van der Waals surface area contributed by atoms with E-state index in [1.165, 1.54) is 0 Å². The Morgan fingerprint density at radius 1 is 1.27 bits per heavy atom. The van der Waals surface area contributed by atoms with Crippen LogP contribution in [0.5, 0.6) is 11.5 Å². The fourth-order valence-corrected chi connectivity index (χ4v) is 4.13. The fraction of sp³-hybridized carbons (Fsp3) is 0.474. The van der Waals surface area contributed by atoms with Crippen LogP contribution in [0.25, 0.3) is 0 Å². The van der Waals surface area contributed by atoms with E-state index in [0.717, 1.165) is 40.6 Å². The van der Waals surface area contributed by atoms with Crippen LogP contribution in [0.15, 0.2) is 27.9 Å². The molecule has 1 unspecified atom stereocenters. The van der Waals surface area contributed by atoms with Gasteiger partial charge in [0.2, 0.25) is 0 Å². The lowest BCUT2D eigenvalue weighted by Gasteiger charge is -2.34. The predicted molar refractivity (Wildman–Crippen MR) is 109 cm³/mol. The van der Waals surface area contributed by atoms with Crippen molar-refractivity contribution in [3.8, 4) is 11.5 Å². The van der Waals surface area contributed by atoms with Crippen LogP contribution in [0.3, 0.4) is 0 Å². The Bertz CT molecular complexity index is 763. The molecule has 0 fully saturated rings. The molecule has 140 valence electrons. The lowest BCUT2D eigenvalue weighted by molar-refractivity contribution is -0.116. The zero-order chi connectivity index (χ0) is 18.7. The molecule has 0 saturated carbocycles. The minimum Gasteiger partial charge on any atom is -0.490 e. The monoisotopic (exact) mass is 438 g/mol. The van der Waals surface area contributed by atoms with Gasteiger partial charge < -0.3 is 20.1 Å². The summed E-state index contributed by atoms with van der Waals surface area (Å²) in [4.78, 5) is 12.6. The minimum atomic E-state index is -0.276. The van der Waals surface area contributed by atoms with Crippen LogP contribution < -0.4 is 20.1 Å². The van der Waals surface area contributed by atoms with Crippen LogP contribution in [-0.4, -0.2) is 24.1 Å². The molecule has 0 aromatic heterocycles. The Labute approximate surface area is 167 Å². The Balaban J connectivity index is 2.04. The van der Waals surface area contributed by atoms with Gasteiger partial charge in [-0.25, -0.2) is 0 Å². The van der Waals surface area contributed by atoms with Crippen molar-refractivity contribution in [1.82, 2.24) is 10.6 Å². The van der Waals surface area contributed by atoms with Crippen molar-refractivity contribution in [1.29, 1.82) is 0 Å². The third kappa shape index (κ3) is 3.88. The molecule has 2 N–H and O–H groups in total. The molecule has 2 aliphatic rings. The van der Waals surface area contributed by atoms with E-state index in [9.17, 15) is 4.79 Å². The highest BCUT2D eigenvalue weighted by molar-refractivity contribution is 9.10. The first-order chi connectivity index (χ1) is 12.5. The van der Waals surface area contributed by atoms with Crippen molar-refractivity contribution < 1.29 is 14.3 Å². The van der Waals surface area contributed by atoms with E-state index >= 15 is 0 Å². The highest BCUT2D eigenvalue weighted by atomic mass is 79.9. The summed E-state index contributed by atoms with van der Waals surface area (Å²) in [5.74, 6) is 1.53. The molecule has 0 amide bonds. The summed E-state index contributed by atoms with van der Waals surface area (Å²) in [6, 6.07) is 3.64. The number of hydrogen-bond acceptors (Lipinski definition) is 4. The van der Waals surface area contributed by atoms with Crippen LogP contribution >= 0.6 is 28.1 Å². The van der Waals surface area contributed by atoms with E-state index in [1.807, 2.05) is 19.1 Å². The number of nitrogens with one attached hydrogen (secondary N) is 2. The van der Waals surface area contributed by atoms with E-state index in [0.29, 0.717) is 36.2 Å². The second kappa shape index (κ2) is 8.39. The van der Waals surface area contributed by atoms with Gasteiger partial charge in [-0.1, -0.05) is 6.92 Å². The molecule has 0 radical (unpaired) electrons. The van der Waals surface area contributed by atoms with E-state index < -0.39 is 0 Å². The van der Waals surface area contributed by atoms with E-state index in [1.54, 1.807) is 0 Å². The average Bonchev–Trinajstić information content (AvgIpc) is 2.60. The number of halogens is 1. The highest BCUT2D eigenvalue weighted by Crippen LogP contribution is 2.41. The standard InChI is InChI=1S/C19H23BrN2O3S/c1-3-8-25-18-12(20)9-11(10-15(18)24-4-2)17-16-13(21-19(26)22-17)6-5-7-14(16)23/h9-10,17H,3-8H2,1-2H3,(H2,21,22,26). The summed E-state index contributed by atoms with van der Waals surface area (Å²) in [6.45, 7) is 5.14. The first kappa shape index (κ1) is 19.2. The quantitative estimate of drug-likeness (QED) is 0.650. The number of ketones is 1. The van der Waals surface area contributed by atoms with Crippen LogP contribution in [0.1, 0.15) is 51.1 Å². The number of carbonyl (C=O) groups excluding carboxylic acids is 1. The average molecular weight is 439 g/mol. The molecule has 7 heteroatoms. The number of allylic oxidation sites excluding steroid dienone is 1. The Morgan fingerprint density at radius 2 is 2.08 bits per heavy atom. The van der Waals surface area contributed by atoms with Crippen LogP contribution in [0.2, 0.25) is 0 Å². The molecular formula is C19H23BrN2O3S. The van der Waals surface area contributed by atoms with Crippen molar-refractivity contribution >= 4 is 39.0 Å². The van der Waals surface area contributed by atoms with Crippen molar-refractivity contribution in [2.45, 2.75) is 45.6 Å². The maximum absolute atomic E-state index is 12.6. The highest BCUT2D eigenvalue weighted by Gasteiger charge is 2.34. The normalized spacial score (nSPS) is 19.6. The first-order valence-corrected chi connectivity index (χ1v) is 10.2. The smallest absolute Gasteiger partial charge is 0.175 e. The van der Waals surface area contributed by atoms with Crippen LogP contribution in [-0.2, 0) is 4.79 Å². The van der Waals surface area contributed by atoms with Crippen LogP contribution in [0, 0.1) is 0 Å². The number of rotatable bonds is 6. The maximum Gasteiger partial charge on any atom is 0.175 e.